The van der Waals surface area contributed by atoms with E-state index in [1.165, 1.54) is 0 Å². The standard InChI is InChI=1S/C19H22N4O3/c1-13-6-8-20-19(10-13)23-18(7-9-24)21-17(22-23)12-14-4-5-15(25-2)16(11-14)26-3/h4-6,8,10-11,24H,7,9,12H2,1-3H3. The molecule has 1 aromatic carbocycles. The minimum absolute atomic E-state index is 0.000305. The van der Waals surface area contributed by atoms with Gasteiger partial charge >= 0.3 is 0 Å². The second-order valence-electron chi connectivity index (χ2n) is 5.89. The third-order valence-corrected chi connectivity index (χ3v) is 3.98. The van der Waals surface area contributed by atoms with Gasteiger partial charge in [-0.05, 0) is 42.3 Å². The second-order valence-corrected chi connectivity index (χ2v) is 5.89. The molecule has 0 amide bonds. The molecule has 7 nitrogen and oxygen atoms in total. The Kier molecular flexibility index (Phi) is 5.48. The van der Waals surface area contributed by atoms with Gasteiger partial charge in [-0.2, -0.15) is 4.68 Å². The summed E-state index contributed by atoms with van der Waals surface area (Å²) >= 11 is 0. The van der Waals surface area contributed by atoms with E-state index < -0.39 is 0 Å². The highest BCUT2D eigenvalue weighted by atomic mass is 16.5. The number of nitrogens with zero attached hydrogens (tertiary/aromatic N) is 4. The van der Waals surface area contributed by atoms with Gasteiger partial charge in [-0.25, -0.2) is 9.97 Å². The van der Waals surface area contributed by atoms with Crippen LogP contribution < -0.4 is 9.47 Å². The third-order valence-electron chi connectivity index (χ3n) is 3.98. The Hall–Kier alpha value is -2.93. The zero-order valence-corrected chi connectivity index (χ0v) is 15.1. The Morgan fingerprint density at radius 2 is 1.88 bits per heavy atom. The number of benzene rings is 1. The van der Waals surface area contributed by atoms with Crippen molar-refractivity contribution in [2.45, 2.75) is 19.8 Å². The van der Waals surface area contributed by atoms with Crippen LogP contribution in [0.5, 0.6) is 11.5 Å². The quantitative estimate of drug-likeness (QED) is 0.700. The monoisotopic (exact) mass is 354 g/mol. The van der Waals surface area contributed by atoms with Gasteiger partial charge in [-0.15, -0.1) is 5.10 Å². The summed E-state index contributed by atoms with van der Waals surface area (Å²) in [5.74, 6) is 3.38. The van der Waals surface area contributed by atoms with Gasteiger partial charge in [0.15, 0.2) is 23.1 Å². The number of rotatable bonds is 7. The van der Waals surface area contributed by atoms with E-state index in [9.17, 15) is 5.11 Å². The molecule has 26 heavy (non-hydrogen) atoms. The first-order valence-corrected chi connectivity index (χ1v) is 8.34. The van der Waals surface area contributed by atoms with Crippen molar-refractivity contribution in [3.8, 4) is 17.3 Å². The van der Waals surface area contributed by atoms with Crippen molar-refractivity contribution in [2.24, 2.45) is 0 Å². The molecule has 0 aliphatic heterocycles. The first-order chi connectivity index (χ1) is 12.6. The molecule has 0 aliphatic carbocycles. The smallest absolute Gasteiger partial charge is 0.161 e. The van der Waals surface area contributed by atoms with Crippen LogP contribution in [0.15, 0.2) is 36.5 Å². The summed E-state index contributed by atoms with van der Waals surface area (Å²) in [6, 6.07) is 9.60. The SMILES string of the molecule is COc1ccc(Cc2nc(CCO)n(-c3cc(C)ccn3)n2)cc1OC. The van der Waals surface area contributed by atoms with E-state index >= 15 is 0 Å². The van der Waals surface area contributed by atoms with Gasteiger partial charge in [0, 0.05) is 19.0 Å². The predicted octanol–water partition coefficient (Wildman–Crippen LogP) is 2.11. The first-order valence-electron chi connectivity index (χ1n) is 8.34. The molecule has 0 bridgehead atoms. The lowest BCUT2D eigenvalue weighted by Gasteiger charge is -2.08. The van der Waals surface area contributed by atoms with E-state index in [4.69, 9.17) is 9.47 Å². The molecule has 0 radical (unpaired) electrons. The normalized spacial score (nSPS) is 10.8. The molecule has 0 saturated heterocycles. The number of hydrogen-bond donors (Lipinski definition) is 1. The number of ether oxygens (including phenoxy) is 2. The molecule has 136 valence electrons. The maximum Gasteiger partial charge on any atom is 0.161 e. The lowest BCUT2D eigenvalue weighted by molar-refractivity contribution is 0.295. The van der Waals surface area contributed by atoms with Crippen molar-refractivity contribution in [1.82, 2.24) is 19.7 Å². The Morgan fingerprint density at radius 1 is 1.08 bits per heavy atom. The van der Waals surface area contributed by atoms with Crippen molar-refractivity contribution in [1.29, 1.82) is 0 Å². The van der Waals surface area contributed by atoms with E-state index in [-0.39, 0.29) is 6.61 Å². The summed E-state index contributed by atoms with van der Waals surface area (Å²) in [6.45, 7) is 2.00. The Morgan fingerprint density at radius 3 is 2.58 bits per heavy atom. The van der Waals surface area contributed by atoms with E-state index in [2.05, 4.69) is 15.1 Å². The zero-order chi connectivity index (χ0) is 18.5. The van der Waals surface area contributed by atoms with E-state index in [1.54, 1.807) is 25.1 Å². The third kappa shape index (κ3) is 3.83. The molecule has 1 N–H and O–H groups in total. The number of methoxy groups -OCH3 is 2. The molecule has 3 aromatic rings. The largest absolute Gasteiger partial charge is 0.493 e. The maximum atomic E-state index is 9.34. The van der Waals surface area contributed by atoms with E-state index in [0.717, 1.165) is 11.1 Å². The van der Waals surface area contributed by atoms with Crippen LogP contribution in [0.2, 0.25) is 0 Å². The van der Waals surface area contributed by atoms with Crippen LogP contribution in [0.4, 0.5) is 0 Å². The van der Waals surface area contributed by atoms with Crippen molar-refractivity contribution < 1.29 is 14.6 Å². The average Bonchev–Trinajstić information content (AvgIpc) is 3.04. The van der Waals surface area contributed by atoms with Crippen LogP contribution in [-0.2, 0) is 12.8 Å². The number of hydrogen-bond acceptors (Lipinski definition) is 6. The molecule has 0 aliphatic rings. The number of aliphatic hydroxyl groups is 1. The van der Waals surface area contributed by atoms with Gasteiger partial charge in [0.25, 0.3) is 0 Å². The van der Waals surface area contributed by atoms with Gasteiger partial charge in [-0.1, -0.05) is 6.07 Å². The highest BCUT2D eigenvalue weighted by Gasteiger charge is 2.14. The molecular formula is C19H22N4O3. The second kappa shape index (κ2) is 7.97. The zero-order valence-electron chi connectivity index (χ0n) is 15.1. The summed E-state index contributed by atoms with van der Waals surface area (Å²) in [7, 11) is 3.22. The summed E-state index contributed by atoms with van der Waals surface area (Å²) < 4.78 is 12.3. The summed E-state index contributed by atoms with van der Waals surface area (Å²) in [6.07, 6.45) is 2.69. The van der Waals surface area contributed by atoms with Crippen molar-refractivity contribution in [3.05, 3.63) is 59.3 Å². The first kappa shape index (κ1) is 17.9. The summed E-state index contributed by atoms with van der Waals surface area (Å²) in [5.41, 5.74) is 2.09. The fraction of sp³-hybridized carbons (Fsp3) is 0.316. The molecule has 3 rings (SSSR count). The van der Waals surface area contributed by atoms with Gasteiger partial charge in [0.2, 0.25) is 0 Å². The Labute approximate surface area is 152 Å². The van der Waals surface area contributed by atoms with Crippen molar-refractivity contribution >= 4 is 0 Å². The lowest BCUT2D eigenvalue weighted by Crippen LogP contribution is -2.07. The van der Waals surface area contributed by atoms with Crippen LogP contribution in [0.25, 0.3) is 5.82 Å². The molecular weight excluding hydrogens is 332 g/mol. The van der Waals surface area contributed by atoms with Crippen LogP contribution in [-0.4, -0.2) is 45.7 Å². The lowest BCUT2D eigenvalue weighted by atomic mass is 10.1. The molecule has 0 unspecified atom stereocenters. The van der Waals surface area contributed by atoms with Gasteiger partial charge in [0.05, 0.1) is 20.8 Å². The fourth-order valence-corrected chi connectivity index (χ4v) is 2.72. The topological polar surface area (TPSA) is 82.3 Å². The summed E-state index contributed by atoms with van der Waals surface area (Å²) in [4.78, 5) is 8.94. The predicted molar refractivity (Wildman–Crippen MR) is 97.0 cm³/mol. The molecule has 0 saturated carbocycles. The molecule has 2 aromatic heterocycles. The van der Waals surface area contributed by atoms with Crippen LogP contribution in [0.1, 0.15) is 22.8 Å². The van der Waals surface area contributed by atoms with Crippen LogP contribution >= 0.6 is 0 Å². The minimum atomic E-state index is 0.000305. The van der Waals surface area contributed by atoms with E-state index in [1.807, 2.05) is 37.3 Å². The van der Waals surface area contributed by atoms with Crippen molar-refractivity contribution in [2.75, 3.05) is 20.8 Å². The van der Waals surface area contributed by atoms with Crippen LogP contribution in [0, 0.1) is 6.92 Å². The fourth-order valence-electron chi connectivity index (χ4n) is 2.72. The molecule has 0 fully saturated rings. The van der Waals surface area contributed by atoms with Crippen LogP contribution in [0.3, 0.4) is 0 Å². The number of aromatic nitrogens is 4. The Bertz CT molecular complexity index is 892. The highest BCUT2D eigenvalue weighted by Crippen LogP contribution is 2.28. The summed E-state index contributed by atoms with van der Waals surface area (Å²) in [5, 5.41) is 13.9. The highest BCUT2D eigenvalue weighted by molar-refractivity contribution is 5.43. The van der Waals surface area contributed by atoms with E-state index in [0.29, 0.717) is 41.8 Å². The Balaban J connectivity index is 1.93. The molecule has 0 atom stereocenters. The number of aliphatic hydroxyl groups excluding tert-OH is 1. The average molecular weight is 354 g/mol. The molecule has 7 heteroatoms. The molecule has 0 spiro atoms. The molecule has 2 heterocycles. The van der Waals surface area contributed by atoms with Gasteiger partial charge in [-0.3, -0.25) is 0 Å². The van der Waals surface area contributed by atoms with Crippen molar-refractivity contribution in [3.63, 3.8) is 0 Å². The minimum Gasteiger partial charge on any atom is -0.493 e. The van der Waals surface area contributed by atoms with Gasteiger partial charge < -0.3 is 14.6 Å². The number of pyridine rings is 1. The van der Waals surface area contributed by atoms with Gasteiger partial charge in [0.1, 0.15) is 5.82 Å². The maximum absolute atomic E-state index is 9.34. The number of aryl methyl sites for hydroxylation is 1.